The van der Waals surface area contributed by atoms with Gasteiger partial charge in [0.2, 0.25) is 0 Å². The van der Waals surface area contributed by atoms with E-state index in [2.05, 4.69) is 17.6 Å². The largest absolute Gasteiger partial charge is 0.387 e. The third kappa shape index (κ3) is 2.77. The first kappa shape index (κ1) is 8.97. The maximum Gasteiger partial charge on any atom is 0.0907 e. The molecule has 3 heteroatoms. The van der Waals surface area contributed by atoms with E-state index in [9.17, 15) is 5.11 Å². The summed E-state index contributed by atoms with van der Waals surface area (Å²) in [6, 6.07) is 0. The average molecular weight is 158 g/mol. The quantitative estimate of drug-likeness (QED) is 0.493. The van der Waals surface area contributed by atoms with Crippen molar-refractivity contribution in [1.29, 1.82) is 0 Å². The number of β-amino-alcohol motifs (C(OH)–C–C–N with tert-alkyl or cyclic N) is 1. The van der Waals surface area contributed by atoms with Crippen molar-refractivity contribution in [2.75, 3.05) is 26.2 Å². The van der Waals surface area contributed by atoms with Gasteiger partial charge in [-0.05, 0) is 25.9 Å². The predicted octanol–water partition coefficient (Wildman–Crippen LogP) is -0.290. The molecule has 11 heavy (non-hydrogen) atoms. The zero-order chi connectivity index (χ0) is 8.16. The minimum atomic E-state index is -0.477. The topological polar surface area (TPSA) is 44.3 Å². The Morgan fingerprint density at radius 3 is 3.00 bits per heavy atom. The van der Waals surface area contributed by atoms with Crippen LogP contribution in [0.5, 0.6) is 0 Å². The lowest BCUT2D eigenvalue weighted by atomic mass is 10.0. The highest BCUT2D eigenvalue weighted by molar-refractivity contribution is 4.89. The van der Waals surface area contributed by atoms with Gasteiger partial charge in [0, 0.05) is 13.1 Å². The molecule has 1 heterocycles. The van der Waals surface area contributed by atoms with Crippen LogP contribution in [0.15, 0.2) is 0 Å². The first-order chi connectivity index (χ1) is 5.27. The van der Waals surface area contributed by atoms with Crippen LogP contribution in [0, 0.1) is 0 Å². The van der Waals surface area contributed by atoms with Crippen LogP contribution in [0.25, 0.3) is 0 Å². The molecule has 0 aromatic carbocycles. The second kappa shape index (κ2) is 4.04. The van der Waals surface area contributed by atoms with E-state index in [1.807, 2.05) is 0 Å². The van der Waals surface area contributed by atoms with Crippen molar-refractivity contribution in [3.05, 3.63) is 0 Å². The molecule has 0 saturated carbocycles. The van der Waals surface area contributed by atoms with Crippen LogP contribution in [0.1, 0.15) is 19.8 Å². The van der Waals surface area contributed by atoms with Gasteiger partial charge >= 0.3 is 0 Å². The van der Waals surface area contributed by atoms with E-state index in [0.717, 1.165) is 39.0 Å². The monoisotopic (exact) mass is 158 g/mol. The molecule has 1 aliphatic heterocycles. The fourth-order valence-corrected chi connectivity index (χ4v) is 1.38. The Morgan fingerprint density at radius 1 is 1.64 bits per heavy atom. The molecule has 0 aromatic rings. The number of aliphatic hydroxyl groups is 1. The first-order valence-corrected chi connectivity index (χ1v) is 4.41. The van der Waals surface area contributed by atoms with Crippen molar-refractivity contribution in [3.63, 3.8) is 0 Å². The summed E-state index contributed by atoms with van der Waals surface area (Å²) < 4.78 is 0. The molecule has 0 aliphatic carbocycles. The standard InChI is InChI=1S/C8H18N2O/c1-2-4-9-6-8(11)3-5-10-7-8/h9-11H,2-7H2,1H3. The Bertz CT molecular complexity index is 111. The van der Waals surface area contributed by atoms with Crippen LogP contribution < -0.4 is 10.6 Å². The van der Waals surface area contributed by atoms with Gasteiger partial charge in [-0.25, -0.2) is 0 Å². The molecule has 1 atom stereocenters. The van der Waals surface area contributed by atoms with Crippen molar-refractivity contribution >= 4 is 0 Å². The Morgan fingerprint density at radius 2 is 2.45 bits per heavy atom. The summed E-state index contributed by atoms with van der Waals surface area (Å²) in [5.41, 5.74) is -0.477. The lowest BCUT2D eigenvalue weighted by molar-refractivity contribution is 0.0614. The van der Waals surface area contributed by atoms with Gasteiger partial charge in [-0.15, -0.1) is 0 Å². The van der Waals surface area contributed by atoms with E-state index in [-0.39, 0.29) is 0 Å². The summed E-state index contributed by atoms with van der Waals surface area (Å²) in [5, 5.41) is 16.2. The van der Waals surface area contributed by atoms with E-state index in [1.165, 1.54) is 0 Å². The maximum absolute atomic E-state index is 9.79. The van der Waals surface area contributed by atoms with E-state index in [1.54, 1.807) is 0 Å². The van der Waals surface area contributed by atoms with Crippen LogP contribution in [-0.2, 0) is 0 Å². The van der Waals surface area contributed by atoms with Crippen molar-refractivity contribution in [2.24, 2.45) is 0 Å². The van der Waals surface area contributed by atoms with Crippen LogP contribution >= 0.6 is 0 Å². The Balaban J connectivity index is 2.13. The molecule has 1 rings (SSSR count). The lowest BCUT2D eigenvalue weighted by Crippen LogP contribution is -2.42. The molecule has 0 aromatic heterocycles. The van der Waals surface area contributed by atoms with Gasteiger partial charge in [-0.2, -0.15) is 0 Å². The van der Waals surface area contributed by atoms with Gasteiger partial charge in [0.15, 0.2) is 0 Å². The van der Waals surface area contributed by atoms with Crippen LogP contribution in [-0.4, -0.2) is 36.9 Å². The number of nitrogens with one attached hydrogen (secondary N) is 2. The highest BCUT2D eigenvalue weighted by atomic mass is 16.3. The predicted molar refractivity (Wildman–Crippen MR) is 45.6 cm³/mol. The van der Waals surface area contributed by atoms with Gasteiger partial charge in [-0.3, -0.25) is 0 Å². The molecule has 3 nitrogen and oxygen atoms in total. The summed E-state index contributed by atoms with van der Waals surface area (Å²) in [6.07, 6.45) is 2.01. The molecule has 66 valence electrons. The van der Waals surface area contributed by atoms with Gasteiger partial charge < -0.3 is 15.7 Å². The Hall–Kier alpha value is -0.120. The average Bonchev–Trinajstić information content (AvgIpc) is 2.38. The molecule has 0 spiro atoms. The number of hydrogen-bond donors (Lipinski definition) is 3. The third-order valence-corrected chi connectivity index (χ3v) is 2.10. The van der Waals surface area contributed by atoms with Crippen LogP contribution in [0.4, 0.5) is 0 Å². The summed E-state index contributed by atoms with van der Waals surface area (Å²) in [7, 11) is 0. The minimum Gasteiger partial charge on any atom is -0.387 e. The number of rotatable bonds is 4. The van der Waals surface area contributed by atoms with Crippen molar-refractivity contribution < 1.29 is 5.11 Å². The molecule has 3 N–H and O–H groups in total. The summed E-state index contributed by atoms with van der Waals surface area (Å²) in [6.45, 7) is 5.55. The minimum absolute atomic E-state index is 0.477. The summed E-state index contributed by atoms with van der Waals surface area (Å²) in [5.74, 6) is 0. The van der Waals surface area contributed by atoms with Gasteiger partial charge in [0.25, 0.3) is 0 Å². The van der Waals surface area contributed by atoms with E-state index < -0.39 is 5.60 Å². The fraction of sp³-hybridized carbons (Fsp3) is 1.00. The zero-order valence-corrected chi connectivity index (χ0v) is 7.19. The first-order valence-electron chi connectivity index (χ1n) is 4.41. The molecule has 1 aliphatic rings. The smallest absolute Gasteiger partial charge is 0.0907 e. The SMILES string of the molecule is CCCNCC1(O)CCNC1. The Labute approximate surface area is 68.2 Å². The summed E-state index contributed by atoms with van der Waals surface area (Å²) >= 11 is 0. The normalized spacial score (nSPS) is 31.1. The highest BCUT2D eigenvalue weighted by Crippen LogP contribution is 2.12. The van der Waals surface area contributed by atoms with Crippen LogP contribution in [0.2, 0.25) is 0 Å². The lowest BCUT2D eigenvalue weighted by Gasteiger charge is -2.21. The molecule has 0 bridgehead atoms. The second-order valence-electron chi connectivity index (χ2n) is 3.33. The highest BCUT2D eigenvalue weighted by Gasteiger charge is 2.29. The summed E-state index contributed by atoms with van der Waals surface area (Å²) in [4.78, 5) is 0. The van der Waals surface area contributed by atoms with E-state index in [4.69, 9.17) is 0 Å². The molecule has 1 unspecified atom stereocenters. The van der Waals surface area contributed by atoms with Gasteiger partial charge in [0.1, 0.15) is 0 Å². The molecule has 1 saturated heterocycles. The fourth-order valence-electron chi connectivity index (χ4n) is 1.38. The molecule has 0 amide bonds. The molecular weight excluding hydrogens is 140 g/mol. The van der Waals surface area contributed by atoms with Gasteiger partial charge in [-0.1, -0.05) is 6.92 Å². The van der Waals surface area contributed by atoms with Crippen molar-refractivity contribution in [1.82, 2.24) is 10.6 Å². The third-order valence-electron chi connectivity index (χ3n) is 2.10. The van der Waals surface area contributed by atoms with E-state index in [0.29, 0.717) is 0 Å². The molecular formula is C8H18N2O. The van der Waals surface area contributed by atoms with Gasteiger partial charge in [0.05, 0.1) is 5.60 Å². The molecule has 1 fully saturated rings. The van der Waals surface area contributed by atoms with E-state index >= 15 is 0 Å². The second-order valence-corrected chi connectivity index (χ2v) is 3.33. The molecule has 0 radical (unpaired) electrons. The Kier molecular flexibility index (Phi) is 3.30. The zero-order valence-electron chi connectivity index (χ0n) is 7.19. The van der Waals surface area contributed by atoms with Crippen molar-refractivity contribution in [2.45, 2.75) is 25.4 Å². The van der Waals surface area contributed by atoms with Crippen molar-refractivity contribution in [3.8, 4) is 0 Å². The van der Waals surface area contributed by atoms with Crippen LogP contribution in [0.3, 0.4) is 0 Å². The number of hydrogen-bond acceptors (Lipinski definition) is 3. The maximum atomic E-state index is 9.79.